The van der Waals surface area contributed by atoms with Crippen molar-refractivity contribution in [3.05, 3.63) is 70.8 Å². The number of likely N-dealkylation sites (tertiary alicyclic amines) is 2. The number of halogens is 6. The lowest BCUT2D eigenvalue weighted by Crippen LogP contribution is -2.48. The third-order valence-electron chi connectivity index (χ3n) is 12.9. The zero-order valence-corrected chi connectivity index (χ0v) is 38.4. The van der Waals surface area contributed by atoms with Crippen LogP contribution in [0.4, 0.5) is 49.4 Å². The highest BCUT2D eigenvalue weighted by Gasteiger charge is 2.36. The molecule has 0 bridgehead atoms. The number of nitrogens with one attached hydrogen (secondary N) is 4. The van der Waals surface area contributed by atoms with Gasteiger partial charge in [-0.25, -0.2) is 16.8 Å². The molecule has 2 aliphatic carbocycles. The lowest BCUT2D eigenvalue weighted by atomic mass is 9.80. The Morgan fingerprint density at radius 2 is 1.12 bits per heavy atom. The molecule has 0 spiro atoms. The topological polar surface area (TPSA) is 174 Å². The van der Waals surface area contributed by atoms with Crippen molar-refractivity contribution in [2.45, 2.75) is 114 Å². The number of hydrogen-bond donors (Lipinski definition) is 4. The minimum atomic E-state index is -4.69. The van der Waals surface area contributed by atoms with Crippen molar-refractivity contribution >= 4 is 43.1 Å². The van der Waals surface area contributed by atoms with Crippen molar-refractivity contribution < 1.29 is 43.2 Å². The van der Waals surface area contributed by atoms with Gasteiger partial charge in [-0.05, 0) is 132 Å². The van der Waals surface area contributed by atoms with Crippen molar-refractivity contribution in [2.75, 3.05) is 58.8 Å². The first-order valence-corrected chi connectivity index (χ1v) is 26.0. The first kappa shape index (κ1) is 47.7. The molecule has 2 aromatic heterocycles. The molecular weight excluding hydrogens is 911 g/mol. The van der Waals surface area contributed by atoms with Gasteiger partial charge in [-0.1, -0.05) is 12.1 Å². The van der Waals surface area contributed by atoms with Crippen LogP contribution in [0.15, 0.2) is 48.5 Å². The fourth-order valence-electron chi connectivity index (χ4n) is 9.73. The average Bonchev–Trinajstić information content (AvgIpc) is 4.09. The molecule has 4 N–H and O–H groups in total. The molecule has 4 heterocycles. The molecule has 2 aliphatic heterocycles. The van der Waals surface area contributed by atoms with E-state index in [-0.39, 0.29) is 57.9 Å². The van der Waals surface area contributed by atoms with Crippen LogP contribution < -0.4 is 20.1 Å². The second-order valence-electron chi connectivity index (χ2n) is 18.3. The lowest BCUT2D eigenvalue weighted by molar-refractivity contribution is -0.138. The number of hydrogen-bond acceptors (Lipinski definition) is 12. The summed E-state index contributed by atoms with van der Waals surface area (Å²) in [5.74, 6) is 1.17. The van der Waals surface area contributed by atoms with Crippen LogP contribution in [0.1, 0.15) is 92.4 Å². The monoisotopic (exact) mass is 964 g/mol. The fourth-order valence-corrected chi connectivity index (χ4v) is 10.9. The average molecular weight is 965 g/mol. The zero-order valence-electron chi connectivity index (χ0n) is 36.8. The van der Waals surface area contributed by atoms with Crippen LogP contribution in [0.2, 0.25) is 0 Å². The molecule has 4 aromatic rings. The van der Waals surface area contributed by atoms with E-state index in [2.05, 4.69) is 50.3 Å². The summed E-state index contributed by atoms with van der Waals surface area (Å²) in [5, 5.41) is 25.0. The van der Waals surface area contributed by atoms with Gasteiger partial charge >= 0.3 is 12.4 Å². The van der Waals surface area contributed by atoms with Gasteiger partial charge in [0.2, 0.25) is 20.0 Å². The van der Waals surface area contributed by atoms with Crippen LogP contribution in [-0.2, 0) is 32.4 Å². The summed E-state index contributed by atoms with van der Waals surface area (Å²) in [5.41, 5.74) is -0.144. The van der Waals surface area contributed by atoms with Crippen LogP contribution in [0.3, 0.4) is 0 Å². The van der Waals surface area contributed by atoms with Gasteiger partial charge in [0.25, 0.3) is 0 Å². The molecule has 4 aliphatic rings. The molecule has 2 saturated heterocycles. The van der Waals surface area contributed by atoms with Crippen LogP contribution in [-0.4, -0.2) is 110 Å². The highest BCUT2D eigenvalue weighted by Crippen LogP contribution is 2.43. The normalized spacial score (nSPS) is 22.7. The summed E-state index contributed by atoms with van der Waals surface area (Å²) in [6.07, 6.45) is 1.94. The summed E-state index contributed by atoms with van der Waals surface area (Å²) in [6, 6.07) is 10.4. The first-order valence-electron chi connectivity index (χ1n) is 22.2. The number of anilines is 4. The molecule has 358 valence electrons. The Labute approximate surface area is 380 Å². The van der Waals surface area contributed by atoms with Crippen molar-refractivity contribution in [2.24, 2.45) is 0 Å². The molecule has 66 heavy (non-hydrogen) atoms. The van der Waals surface area contributed by atoms with E-state index in [9.17, 15) is 43.2 Å². The van der Waals surface area contributed by atoms with E-state index in [1.807, 2.05) is 6.07 Å². The largest absolute Gasteiger partial charge is 0.416 e. The molecule has 8 rings (SSSR count). The third kappa shape index (κ3) is 11.8. The molecule has 0 unspecified atom stereocenters. The molecule has 2 aromatic carbocycles. The van der Waals surface area contributed by atoms with Gasteiger partial charge in [-0.2, -0.15) is 26.3 Å². The SMILES string of the molecule is Cc1cc(N[C@@H]2CCCN(C3CCC(c4cc(-c5ccc(C(F)(F)F)cc5NS(C)(=O)=O)nnc4N[C@@H]4CCCN(C5CC5)C4)CC3)C2)nnc1-c1ccc(C(F)(F)F)cc1NS(C)(=O)=O. The first-order chi connectivity index (χ1) is 31.1. The van der Waals surface area contributed by atoms with E-state index >= 15 is 0 Å². The fraction of sp³-hybridized carbons (Fsp3) is 0.545. The van der Waals surface area contributed by atoms with Crippen molar-refractivity contribution in [1.82, 2.24) is 30.2 Å². The van der Waals surface area contributed by atoms with Gasteiger partial charge in [-0.3, -0.25) is 19.2 Å². The van der Waals surface area contributed by atoms with Crippen molar-refractivity contribution in [3.63, 3.8) is 0 Å². The molecule has 0 radical (unpaired) electrons. The summed E-state index contributed by atoms with van der Waals surface area (Å²) >= 11 is 0. The lowest BCUT2D eigenvalue weighted by Gasteiger charge is -2.42. The Hall–Kier alpha value is -4.80. The van der Waals surface area contributed by atoms with Gasteiger partial charge in [0, 0.05) is 53.9 Å². The number of aromatic nitrogens is 4. The second kappa shape index (κ2) is 18.7. The maximum absolute atomic E-state index is 13.8. The summed E-state index contributed by atoms with van der Waals surface area (Å²) < 4.78 is 135. The summed E-state index contributed by atoms with van der Waals surface area (Å²) in [4.78, 5) is 5.00. The van der Waals surface area contributed by atoms with Crippen LogP contribution in [0.25, 0.3) is 22.5 Å². The Balaban J connectivity index is 0.978. The maximum atomic E-state index is 13.8. The Morgan fingerprint density at radius 1 is 0.606 bits per heavy atom. The van der Waals surface area contributed by atoms with Crippen molar-refractivity contribution in [1.29, 1.82) is 0 Å². The molecule has 0 amide bonds. The number of alkyl halides is 6. The second-order valence-corrected chi connectivity index (χ2v) is 21.7. The summed E-state index contributed by atoms with van der Waals surface area (Å²) in [6.45, 7) is 5.30. The quantitative estimate of drug-likeness (QED) is 0.0946. The number of aryl methyl sites for hydroxylation is 1. The Morgan fingerprint density at radius 3 is 1.64 bits per heavy atom. The predicted molar refractivity (Wildman–Crippen MR) is 241 cm³/mol. The third-order valence-corrected chi connectivity index (χ3v) is 14.1. The van der Waals surface area contributed by atoms with E-state index in [4.69, 9.17) is 0 Å². The van der Waals surface area contributed by atoms with Gasteiger partial charge in [-0.15, -0.1) is 20.4 Å². The minimum absolute atomic E-state index is 0.0245. The highest BCUT2D eigenvalue weighted by molar-refractivity contribution is 7.92. The van der Waals surface area contributed by atoms with E-state index in [0.717, 1.165) is 120 Å². The highest BCUT2D eigenvalue weighted by atomic mass is 32.2. The van der Waals surface area contributed by atoms with Gasteiger partial charge in [0.1, 0.15) is 5.82 Å². The number of nitrogens with zero attached hydrogens (tertiary/aromatic N) is 6. The zero-order chi connectivity index (χ0) is 47.2. The van der Waals surface area contributed by atoms with Gasteiger partial charge in [0.05, 0.1) is 46.4 Å². The smallest absolute Gasteiger partial charge is 0.365 e. The Kier molecular flexibility index (Phi) is 13.5. The molecule has 14 nitrogen and oxygen atoms in total. The van der Waals surface area contributed by atoms with E-state index in [0.29, 0.717) is 23.2 Å². The molecule has 2 atom stereocenters. The van der Waals surface area contributed by atoms with E-state index in [1.165, 1.54) is 25.0 Å². The molecular formula is C44H54F6N10O4S2. The van der Waals surface area contributed by atoms with Crippen molar-refractivity contribution in [3.8, 4) is 22.5 Å². The Bertz CT molecular complexity index is 2640. The van der Waals surface area contributed by atoms with E-state index < -0.39 is 43.5 Å². The molecule has 2 saturated carbocycles. The van der Waals surface area contributed by atoms with E-state index in [1.54, 1.807) is 13.0 Å². The number of sulfonamides is 2. The standard InChI is InChI=1S/C44H54F6N10O4S2/c1-26-20-40(54-55-41(26)35-17-11-29(44(48,49)50)22-39(35)58-66(3,63)64)51-30-6-4-18-59(24-30)32-12-8-27(9-13-32)36-23-37(34-16-10-28(43(45,46)47)21-38(34)57-65(2,61)62)53-56-42(36)52-31-7-5-19-60(25-31)33-14-15-33/h10-11,16-17,20-23,27,30-33,57-58H,4-9,12-15,18-19,24-25H2,1-3H3,(H,51,54)(H,52,56)/t27?,30-,31-,32?/m1/s1. The minimum Gasteiger partial charge on any atom is -0.365 e. The number of piperidine rings is 2. The maximum Gasteiger partial charge on any atom is 0.416 e. The van der Waals surface area contributed by atoms with Gasteiger partial charge < -0.3 is 10.6 Å². The molecule has 22 heteroatoms. The summed E-state index contributed by atoms with van der Waals surface area (Å²) in [7, 11) is -7.86. The molecule has 4 fully saturated rings. The number of benzene rings is 2. The number of rotatable bonds is 13. The van der Waals surface area contributed by atoms with Gasteiger partial charge in [0.15, 0.2) is 5.82 Å². The predicted octanol–water partition coefficient (Wildman–Crippen LogP) is 8.33. The van der Waals surface area contributed by atoms with Crippen LogP contribution in [0.5, 0.6) is 0 Å². The van der Waals surface area contributed by atoms with Crippen LogP contribution >= 0.6 is 0 Å². The van der Waals surface area contributed by atoms with Crippen LogP contribution in [0, 0.1) is 6.92 Å².